The third kappa shape index (κ3) is 3.18. The molecule has 4 rings (SSSR count). The number of nitrogens with zero attached hydrogens (tertiary/aromatic N) is 4. The van der Waals surface area contributed by atoms with E-state index >= 15 is 0 Å². The monoisotopic (exact) mass is 374 g/mol. The van der Waals surface area contributed by atoms with Gasteiger partial charge < -0.3 is 4.42 Å². The van der Waals surface area contributed by atoms with Gasteiger partial charge in [0.1, 0.15) is 17.3 Å². The number of nitro groups is 1. The second-order valence-corrected chi connectivity index (χ2v) is 6.04. The number of benzene rings is 2. The van der Waals surface area contributed by atoms with Crippen molar-refractivity contribution in [2.75, 3.05) is 0 Å². The van der Waals surface area contributed by atoms with E-state index in [0.717, 1.165) is 0 Å². The zero-order valence-corrected chi connectivity index (χ0v) is 14.8. The minimum absolute atomic E-state index is 0.00995. The number of nitro benzene ring substituents is 1. The van der Waals surface area contributed by atoms with Crippen LogP contribution in [0.4, 0.5) is 5.69 Å². The van der Waals surface area contributed by atoms with E-state index in [9.17, 15) is 14.9 Å². The van der Waals surface area contributed by atoms with Crippen molar-refractivity contribution >= 4 is 22.8 Å². The number of aryl methyl sites for hydroxylation is 1. The Bertz CT molecular complexity index is 1270. The fourth-order valence-corrected chi connectivity index (χ4v) is 2.81. The highest BCUT2D eigenvalue weighted by Crippen LogP contribution is 2.24. The Kier molecular flexibility index (Phi) is 4.29. The SMILES string of the molecule is Cc1nc2ccccc2c(=O)n1N=Cc1ccc(-c2ccc([N+](=O)[O-])cc2)o1. The van der Waals surface area contributed by atoms with Crippen molar-refractivity contribution in [1.82, 2.24) is 9.66 Å². The smallest absolute Gasteiger partial charge is 0.282 e. The Morgan fingerprint density at radius 3 is 2.61 bits per heavy atom. The maximum Gasteiger partial charge on any atom is 0.282 e. The molecule has 0 fully saturated rings. The van der Waals surface area contributed by atoms with Gasteiger partial charge in [0.05, 0.1) is 22.0 Å². The van der Waals surface area contributed by atoms with Crippen LogP contribution < -0.4 is 5.56 Å². The van der Waals surface area contributed by atoms with Gasteiger partial charge in [-0.25, -0.2) is 4.98 Å². The van der Waals surface area contributed by atoms with E-state index in [0.29, 0.717) is 33.8 Å². The van der Waals surface area contributed by atoms with E-state index in [2.05, 4.69) is 10.1 Å². The van der Waals surface area contributed by atoms with Gasteiger partial charge in [-0.05, 0) is 43.3 Å². The van der Waals surface area contributed by atoms with E-state index < -0.39 is 4.92 Å². The van der Waals surface area contributed by atoms with E-state index in [-0.39, 0.29) is 11.2 Å². The lowest BCUT2D eigenvalue weighted by Gasteiger charge is -2.04. The lowest BCUT2D eigenvalue weighted by molar-refractivity contribution is -0.384. The predicted octanol–water partition coefficient (Wildman–Crippen LogP) is 3.76. The average molecular weight is 374 g/mol. The summed E-state index contributed by atoms with van der Waals surface area (Å²) in [6, 6.07) is 16.6. The zero-order chi connectivity index (χ0) is 19.7. The summed E-state index contributed by atoms with van der Waals surface area (Å²) >= 11 is 0. The van der Waals surface area contributed by atoms with Gasteiger partial charge in [0.2, 0.25) is 0 Å². The Morgan fingerprint density at radius 2 is 1.86 bits per heavy atom. The summed E-state index contributed by atoms with van der Waals surface area (Å²) in [4.78, 5) is 27.3. The molecule has 138 valence electrons. The molecule has 28 heavy (non-hydrogen) atoms. The van der Waals surface area contributed by atoms with Crippen LogP contribution in [-0.2, 0) is 0 Å². The number of para-hydroxylation sites is 1. The van der Waals surface area contributed by atoms with Crippen molar-refractivity contribution in [3.05, 3.63) is 92.7 Å². The summed E-state index contributed by atoms with van der Waals surface area (Å²) in [7, 11) is 0. The van der Waals surface area contributed by atoms with Crippen molar-refractivity contribution in [1.29, 1.82) is 0 Å². The molecule has 0 aliphatic rings. The Labute approximate surface area is 158 Å². The molecular weight excluding hydrogens is 360 g/mol. The van der Waals surface area contributed by atoms with Crippen molar-refractivity contribution in [3.63, 3.8) is 0 Å². The number of hydrogen-bond acceptors (Lipinski definition) is 6. The van der Waals surface area contributed by atoms with Gasteiger partial charge in [-0.15, -0.1) is 0 Å². The molecule has 4 aromatic rings. The van der Waals surface area contributed by atoms with E-state index in [4.69, 9.17) is 4.42 Å². The first-order valence-corrected chi connectivity index (χ1v) is 8.40. The van der Waals surface area contributed by atoms with Gasteiger partial charge in [0.25, 0.3) is 11.2 Å². The summed E-state index contributed by atoms with van der Waals surface area (Å²) in [5.41, 5.74) is 1.07. The molecule has 0 atom stereocenters. The molecule has 0 spiro atoms. The van der Waals surface area contributed by atoms with Crippen LogP contribution in [-0.4, -0.2) is 20.8 Å². The normalized spacial score (nSPS) is 11.3. The molecule has 0 bridgehead atoms. The largest absolute Gasteiger partial charge is 0.455 e. The van der Waals surface area contributed by atoms with Gasteiger partial charge in [0.15, 0.2) is 0 Å². The second kappa shape index (κ2) is 6.92. The molecule has 0 radical (unpaired) electrons. The molecule has 0 saturated heterocycles. The molecule has 8 nitrogen and oxygen atoms in total. The van der Waals surface area contributed by atoms with Gasteiger partial charge in [-0.3, -0.25) is 14.9 Å². The quantitative estimate of drug-likeness (QED) is 0.307. The highest BCUT2D eigenvalue weighted by Gasteiger charge is 2.09. The number of non-ortho nitro benzene ring substituents is 1. The lowest BCUT2D eigenvalue weighted by Crippen LogP contribution is -2.20. The third-order valence-electron chi connectivity index (χ3n) is 4.21. The lowest BCUT2D eigenvalue weighted by atomic mass is 10.1. The maximum absolute atomic E-state index is 12.6. The number of fused-ring (bicyclic) bond motifs is 1. The molecule has 0 unspecified atom stereocenters. The number of rotatable bonds is 4. The molecule has 2 aromatic carbocycles. The van der Waals surface area contributed by atoms with Crippen LogP contribution in [0, 0.1) is 17.0 Å². The fourth-order valence-electron chi connectivity index (χ4n) is 2.81. The highest BCUT2D eigenvalue weighted by atomic mass is 16.6. The Balaban J connectivity index is 1.64. The van der Waals surface area contributed by atoms with Crippen LogP contribution in [0.1, 0.15) is 11.6 Å². The van der Waals surface area contributed by atoms with Crippen LogP contribution in [0.3, 0.4) is 0 Å². The van der Waals surface area contributed by atoms with E-state index in [1.807, 2.05) is 6.07 Å². The summed E-state index contributed by atoms with van der Waals surface area (Å²) in [6.45, 7) is 1.70. The average Bonchev–Trinajstić information content (AvgIpc) is 3.17. The van der Waals surface area contributed by atoms with Crippen molar-refractivity contribution in [2.24, 2.45) is 5.10 Å². The minimum Gasteiger partial charge on any atom is -0.455 e. The van der Waals surface area contributed by atoms with Crippen molar-refractivity contribution in [2.45, 2.75) is 6.92 Å². The van der Waals surface area contributed by atoms with Gasteiger partial charge in [-0.1, -0.05) is 12.1 Å². The first-order valence-electron chi connectivity index (χ1n) is 8.40. The third-order valence-corrected chi connectivity index (χ3v) is 4.21. The topological polar surface area (TPSA) is 104 Å². The molecule has 0 N–H and O–H groups in total. The zero-order valence-electron chi connectivity index (χ0n) is 14.8. The number of furan rings is 1. The summed E-state index contributed by atoms with van der Waals surface area (Å²) in [6.07, 6.45) is 1.43. The van der Waals surface area contributed by atoms with Gasteiger partial charge in [-0.2, -0.15) is 9.78 Å². The molecule has 0 aliphatic carbocycles. The van der Waals surface area contributed by atoms with Crippen LogP contribution in [0.25, 0.3) is 22.2 Å². The van der Waals surface area contributed by atoms with Crippen LogP contribution in [0.15, 0.2) is 75.0 Å². The van der Waals surface area contributed by atoms with Crippen LogP contribution in [0.5, 0.6) is 0 Å². The molecule has 2 heterocycles. The molecule has 0 amide bonds. The second-order valence-electron chi connectivity index (χ2n) is 6.04. The Morgan fingerprint density at radius 1 is 1.11 bits per heavy atom. The van der Waals surface area contributed by atoms with Gasteiger partial charge in [0, 0.05) is 17.7 Å². The summed E-state index contributed by atoms with van der Waals surface area (Å²) in [5, 5.41) is 15.4. The highest BCUT2D eigenvalue weighted by molar-refractivity contribution is 5.79. The first-order chi connectivity index (χ1) is 13.5. The molecular formula is C20H14N4O4. The van der Waals surface area contributed by atoms with Crippen LogP contribution in [0.2, 0.25) is 0 Å². The van der Waals surface area contributed by atoms with Crippen molar-refractivity contribution < 1.29 is 9.34 Å². The molecule has 0 aliphatic heterocycles. The van der Waals surface area contributed by atoms with E-state index in [1.54, 1.807) is 49.4 Å². The van der Waals surface area contributed by atoms with Crippen molar-refractivity contribution in [3.8, 4) is 11.3 Å². The minimum atomic E-state index is -0.457. The number of hydrogen-bond donors (Lipinski definition) is 0. The predicted molar refractivity (Wildman–Crippen MR) is 105 cm³/mol. The van der Waals surface area contributed by atoms with E-state index in [1.165, 1.54) is 23.0 Å². The maximum atomic E-state index is 12.6. The fraction of sp³-hybridized carbons (Fsp3) is 0.0500. The Hall–Kier alpha value is -4.07. The summed E-state index contributed by atoms with van der Waals surface area (Å²) in [5.74, 6) is 1.44. The molecule has 0 saturated carbocycles. The van der Waals surface area contributed by atoms with Crippen LogP contribution >= 0.6 is 0 Å². The molecule has 8 heteroatoms. The first kappa shape index (κ1) is 17.3. The summed E-state index contributed by atoms with van der Waals surface area (Å²) < 4.78 is 6.92. The standard InChI is InChI=1S/C20H14N4O4/c1-13-22-18-5-3-2-4-17(18)20(25)23(13)21-12-16-10-11-19(28-16)14-6-8-15(9-7-14)24(26)27/h2-12H,1H3. The van der Waals surface area contributed by atoms with Gasteiger partial charge >= 0.3 is 0 Å². The number of aromatic nitrogens is 2. The molecule has 2 aromatic heterocycles.